The van der Waals surface area contributed by atoms with Crippen LogP contribution in [0.3, 0.4) is 0 Å². The van der Waals surface area contributed by atoms with E-state index in [1.807, 2.05) is 10.7 Å². The van der Waals surface area contributed by atoms with Gasteiger partial charge in [0, 0.05) is 18.2 Å². The van der Waals surface area contributed by atoms with Gasteiger partial charge in [0.15, 0.2) is 17.3 Å². The number of ether oxygens (including phenoxy) is 2. The van der Waals surface area contributed by atoms with E-state index in [9.17, 15) is 5.11 Å². The van der Waals surface area contributed by atoms with Crippen LogP contribution in [0.1, 0.15) is 49.5 Å². The second-order valence-electron chi connectivity index (χ2n) is 7.74. The highest BCUT2D eigenvalue weighted by atomic mass is 79.9. The average molecular weight is 498 g/mol. The van der Waals surface area contributed by atoms with Crippen LogP contribution in [0.15, 0.2) is 16.6 Å². The van der Waals surface area contributed by atoms with Crippen molar-refractivity contribution in [2.24, 2.45) is 0 Å². The van der Waals surface area contributed by atoms with Crippen molar-refractivity contribution >= 4 is 27.7 Å². The Hall–Kier alpha value is -1.36. The van der Waals surface area contributed by atoms with Crippen LogP contribution < -0.4 is 14.8 Å². The second-order valence-corrected chi connectivity index (χ2v) is 9.58. The summed E-state index contributed by atoms with van der Waals surface area (Å²) in [5.41, 5.74) is 1.03. The molecule has 0 saturated heterocycles. The third-order valence-electron chi connectivity index (χ3n) is 5.58. The van der Waals surface area contributed by atoms with Gasteiger partial charge in [-0.25, -0.2) is 4.68 Å². The van der Waals surface area contributed by atoms with E-state index in [4.69, 9.17) is 9.47 Å². The Balaban J connectivity index is 1.67. The third-order valence-corrected chi connectivity index (χ3v) is 6.76. The molecule has 10 heteroatoms. The van der Waals surface area contributed by atoms with Crippen LogP contribution >= 0.6 is 27.7 Å². The minimum Gasteiger partial charge on any atom is -0.490 e. The predicted octanol–water partition coefficient (Wildman–Crippen LogP) is 2.94. The topological polar surface area (TPSA) is 94.3 Å². The predicted molar refractivity (Wildman–Crippen MR) is 119 cm³/mol. The number of nitrogens with zero attached hydrogens (tertiary/aromatic N) is 4. The van der Waals surface area contributed by atoms with Crippen LogP contribution in [0, 0.1) is 0 Å². The molecule has 0 amide bonds. The number of halogens is 1. The zero-order valence-corrected chi connectivity index (χ0v) is 19.5. The Bertz CT molecular complexity index is 844. The van der Waals surface area contributed by atoms with Gasteiger partial charge in [-0.1, -0.05) is 0 Å². The number of rotatable bonds is 7. The highest BCUT2D eigenvalue weighted by Crippen LogP contribution is 2.40. The van der Waals surface area contributed by atoms with Crippen molar-refractivity contribution in [2.75, 3.05) is 25.2 Å². The zero-order valence-electron chi connectivity index (χ0n) is 17.1. The van der Waals surface area contributed by atoms with Gasteiger partial charge in [0.2, 0.25) is 0 Å². The fourth-order valence-electron chi connectivity index (χ4n) is 3.97. The molecule has 30 heavy (non-hydrogen) atoms. The molecule has 1 unspecified atom stereocenters. The summed E-state index contributed by atoms with van der Waals surface area (Å²) in [4.78, 5) is 0. The lowest BCUT2D eigenvalue weighted by atomic mass is 9.91. The number of fused-ring (bicyclic) bond motifs is 1. The molecular formula is C20H28BrN5O3S. The number of aryl methyl sites for hydroxylation is 1. The van der Waals surface area contributed by atoms with Crippen molar-refractivity contribution in [3.63, 3.8) is 0 Å². The Morgan fingerprint density at radius 2 is 2.07 bits per heavy atom. The van der Waals surface area contributed by atoms with Gasteiger partial charge in [-0.05, 0) is 76.0 Å². The molecule has 2 heterocycles. The van der Waals surface area contributed by atoms with E-state index in [0.717, 1.165) is 71.8 Å². The largest absolute Gasteiger partial charge is 0.490 e. The van der Waals surface area contributed by atoms with Crippen molar-refractivity contribution in [1.82, 2.24) is 25.5 Å². The molecule has 1 atom stereocenters. The van der Waals surface area contributed by atoms with Crippen molar-refractivity contribution < 1.29 is 14.6 Å². The molecule has 0 spiro atoms. The highest BCUT2D eigenvalue weighted by Gasteiger charge is 2.29. The molecule has 4 rings (SSSR count). The van der Waals surface area contributed by atoms with E-state index in [1.165, 1.54) is 0 Å². The number of aliphatic hydroxyl groups is 1. The Morgan fingerprint density at radius 3 is 2.87 bits per heavy atom. The van der Waals surface area contributed by atoms with Crippen LogP contribution in [-0.4, -0.2) is 62.7 Å². The van der Waals surface area contributed by atoms with Crippen LogP contribution in [0.5, 0.6) is 11.5 Å². The molecule has 0 bridgehead atoms. The fraction of sp³-hybridized carbons (Fsp3) is 0.650. The monoisotopic (exact) mass is 497 g/mol. The summed E-state index contributed by atoms with van der Waals surface area (Å²) in [6.07, 6.45) is 6.22. The molecule has 1 aliphatic carbocycles. The summed E-state index contributed by atoms with van der Waals surface area (Å²) in [7, 11) is 0. The summed E-state index contributed by atoms with van der Waals surface area (Å²) in [5.74, 6) is 3.21. The first-order valence-corrected chi connectivity index (χ1v) is 12.6. The molecule has 1 saturated carbocycles. The van der Waals surface area contributed by atoms with E-state index < -0.39 is 0 Å². The van der Waals surface area contributed by atoms with Crippen molar-refractivity contribution in [3.8, 4) is 11.5 Å². The molecule has 1 fully saturated rings. The van der Waals surface area contributed by atoms with Gasteiger partial charge in [0.1, 0.15) is 0 Å². The van der Waals surface area contributed by atoms with Gasteiger partial charge in [-0.15, -0.1) is 5.10 Å². The lowest BCUT2D eigenvalue weighted by Crippen LogP contribution is -2.38. The zero-order chi connectivity index (χ0) is 20.9. The van der Waals surface area contributed by atoms with E-state index in [1.54, 1.807) is 11.8 Å². The first-order valence-electron chi connectivity index (χ1n) is 10.4. The minimum atomic E-state index is -0.194. The first kappa shape index (κ1) is 21.9. The third kappa shape index (κ3) is 5.09. The summed E-state index contributed by atoms with van der Waals surface area (Å²) >= 11 is 5.43. The van der Waals surface area contributed by atoms with Crippen LogP contribution in [0.4, 0.5) is 0 Å². The maximum absolute atomic E-state index is 9.90. The normalized spacial score (nSPS) is 22.5. The average Bonchev–Trinajstić information content (AvgIpc) is 3.07. The van der Waals surface area contributed by atoms with E-state index in [0.29, 0.717) is 19.3 Å². The number of thioether (sulfide) groups is 1. The standard InChI is InChI=1S/C20H28BrN5O3S/c1-30-10-7-26-20(23-24-25-26)18(22-14-3-5-15(27)6-4-14)13-11-16(21)19-17(12-13)28-8-2-9-29-19/h11-12,14-15,18,22,27H,2-10H2,1H3. The lowest BCUT2D eigenvalue weighted by molar-refractivity contribution is 0.115. The van der Waals surface area contributed by atoms with Gasteiger partial charge in [-0.3, -0.25) is 0 Å². The van der Waals surface area contributed by atoms with Crippen LogP contribution in [0.25, 0.3) is 0 Å². The molecule has 1 aromatic heterocycles. The van der Waals surface area contributed by atoms with Gasteiger partial charge in [0.05, 0.1) is 36.4 Å². The molecule has 1 aliphatic heterocycles. The van der Waals surface area contributed by atoms with E-state index in [-0.39, 0.29) is 12.1 Å². The van der Waals surface area contributed by atoms with Gasteiger partial charge in [-0.2, -0.15) is 11.8 Å². The smallest absolute Gasteiger partial charge is 0.175 e. The number of aromatic nitrogens is 4. The molecule has 2 N–H and O–H groups in total. The minimum absolute atomic E-state index is 0.185. The molecule has 0 radical (unpaired) electrons. The summed E-state index contributed by atoms with van der Waals surface area (Å²) in [6, 6.07) is 4.21. The molecular weight excluding hydrogens is 470 g/mol. The Labute approximate surface area is 189 Å². The van der Waals surface area contributed by atoms with Gasteiger partial charge in [0.25, 0.3) is 0 Å². The quantitative estimate of drug-likeness (QED) is 0.602. The van der Waals surface area contributed by atoms with Crippen molar-refractivity contribution in [1.29, 1.82) is 0 Å². The number of nitrogens with one attached hydrogen (secondary N) is 1. The van der Waals surface area contributed by atoms with Gasteiger partial charge >= 0.3 is 0 Å². The van der Waals surface area contributed by atoms with Gasteiger partial charge < -0.3 is 19.9 Å². The number of hydrogen-bond donors (Lipinski definition) is 2. The highest BCUT2D eigenvalue weighted by molar-refractivity contribution is 9.10. The maximum atomic E-state index is 9.90. The van der Waals surface area contributed by atoms with Crippen LogP contribution in [-0.2, 0) is 6.54 Å². The van der Waals surface area contributed by atoms with Crippen molar-refractivity contribution in [3.05, 3.63) is 28.0 Å². The van der Waals surface area contributed by atoms with Crippen LogP contribution in [0.2, 0.25) is 0 Å². The van der Waals surface area contributed by atoms with Crippen molar-refractivity contribution in [2.45, 2.75) is 56.8 Å². The fourth-order valence-corrected chi connectivity index (χ4v) is 4.90. The molecule has 8 nitrogen and oxygen atoms in total. The van der Waals surface area contributed by atoms with E-state index in [2.05, 4.69) is 49.1 Å². The second kappa shape index (κ2) is 10.3. The summed E-state index contributed by atoms with van der Waals surface area (Å²) in [5, 5.41) is 26.2. The summed E-state index contributed by atoms with van der Waals surface area (Å²) in [6.45, 7) is 2.02. The molecule has 164 valence electrons. The molecule has 2 aliphatic rings. The molecule has 1 aromatic carbocycles. The Morgan fingerprint density at radius 1 is 1.27 bits per heavy atom. The Kier molecular flexibility index (Phi) is 7.50. The summed E-state index contributed by atoms with van der Waals surface area (Å²) < 4.78 is 14.6. The number of hydrogen-bond acceptors (Lipinski definition) is 8. The number of tetrazole rings is 1. The number of aliphatic hydroxyl groups excluding tert-OH is 1. The van der Waals surface area contributed by atoms with E-state index >= 15 is 0 Å². The SMILES string of the molecule is CSCCn1nnnc1C(NC1CCC(O)CC1)c1cc(Br)c2c(c1)OCCCO2. The first-order chi connectivity index (χ1) is 14.7. The molecule has 2 aromatic rings. The lowest BCUT2D eigenvalue weighted by Gasteiger charge is -2.30. The number of benzene rings is 1. The maximum Gasteiger partial charge on any atom is 0.175 e.